The largest absolute Gasteiger partial charge is 0.424 e. The van der Waals surface area contributed by atoms with Crippen molar-refractivity contribution in [1.82, 2.24) is 45.5 Å². The molecule has 4 aromatic heterocycles. The van der Waals surface area contributed by atoms with Gasteiger partial charge in [0.2, 0.25) is 5.91 Å². The van der Waals surface area contributed by atoms with Crippen LogP contribution in [0, 0.1) is 0 Å². The van der Waals surface area contributed by atoms with Crippen LogP contribution in [0.2, 0.25) is 0 Å². The summed E-state index contributed by atoms with van der Waals surface area (Å²) in [6.07, 6.45) is 5.60. The number of oxazole rings is 1. The van der Waals surface area contributed by atoms with Gasteiger partial charge in [0.25, 0.3) is 6.01 Å². The van der Waals surface area contributed by atoms with E-state index in [2.05, 4.69) is 35.7 Å². The molecule has 5 aromatic rings. The fourth-order valence-corrected chi connectivity index (χ4v) is 3.97. The first-order valence-corrected chi connectivity index (χ1v) is 11.9. The quantitative estimate of drug-likeness (QED) is 0.179. The highest BCUT2D eigenvalue weighted by Crippen LogP contribution is 2.32. The third kappa shape index (κ3) is 5.64. The molecule has 14 heteroatoms. The van der Waals surface area contributed by atoms with E-state index >= 15 is 0 Å². The van der Waals surface area contributed by atoms with Gasteiger partial charge in [0.1, 0.15) is 23.4 Å². The molecule has 0 atom stereocenters. The van der Waals surface area contributed by atoms with Crippen molar-refractivity contribution in [3.8, 4) is 11.3 Å². The molecule has 1 amide bonds. The van der Waals surface area contributed by atoms with Crippen LogP contribution in [0.4, 0.5) is 11.8 Å². The molecule has 0 fully saturated rings. The Morgan fingerprint density at radius 3 is 2.97 bits per heavy atom. The number of unbranched alkanes of at least 4 members (excludes halogenated alkanes) is 1. The number of nitrogens with one attached hydrogen (secondary N) is 2. The van der Waals surface area contributed by atoms with E-state index in [4.69, 9.17) is 25.7 Å². The number of ether oxygens (including phenoxy) is 1. The van der Waals surface area contributed by atoms with Crippen LogP contribution in [0.15, 0.2) is 35.1 Å². The predicted octanol–water partition coefficient (Wildman–Crippen LogP) is 1.46. The van der Waals surface area contributed by atoms with Crippen molar-refractivity contribution < 1.29 is 13.9 Å². The molecule has 4 heterocycles. The number of hydrogen-bond donors (Lipinski definition) is 4. The van der Waals surface area contributed by atoms with Crippen molar-refractivity contribution in [2.45, 2.75) is 32.2 Å². The van der Waals surface area contributed by atoms with E-state index in [1.807, 2.05) is 16.8 Å². The lowest BCUT2D eigenvalue weighted by molar-refractivity contribution is -0.122. The Hall–Kier alpha value is -4.59. The number of carbonyl (C=O) groups is 1. The molecule has 0 unspecified atom stereocenters. The summed E-state index contributed by atoms with van der Waals surface area (Å²) in [7, 11) is 0. The van der Waals surface area contributed by atoms with Gasteiger partial charge >= 0.3 is 0 Å². The molecule has 0 aliphatic rings. The number of anilines is 2. The summed E-state index contributed by atoms with van der Waals surface area (Å²) in [5.74, 6) is 0.305. The zero-order valence-electron chi connectivity index (χ0n) is 20.1. The number of nitrogens with zero attached hydrogens (tertiary/aromatic N) is 7. The molecule has 6 N–H and O–H groups in total. The molecule has 0 saturated carbocycles. The average molecular weight is 506 g/mol. The second-order valence-corrected chi connectivity index (χ2v) is 8.39. The number of rotatable bonds is 12. The number of hydrogen-bond acceptors (Lipinski definition) is 11. The fraction of sp³-hybridized carbons (Fsp3) is 0.348. The van der Waals surface area contributed by atoms with Crippen LogP contribution in [0.25, 0.3) is 33.4 Å². The van der Waals surface area contributed by atoms with Gasteiger partial charge in [-0.3, -0.25) is 4.79 Å². The van der Waals surface area contributed by atoms with Crippen molar-refractivity contribution in [2.75, 3.05) is 31.2 Å². The molecule has 192 valence electrons. The van der Waals surface area contributed by atoms with Gasteiger partial charge in [-0.1, -0.05) is 0 Å². The fourth-order valence-electron chi connectivity index (χ4n) is 3.97. The lowest BCUT2D eigenvalue weighted by atomic mass is 10.1. The standard InChI is InChI=1S/C23H27N11O3/c24-21-19-20(14-3-4-17-16(11-14)30-23(25)37-17)32-34(22(19)28-13-27-21)8-2-1-7-26-18(35)6-10-36-9-5-15-12-29-33-31-15/h3-4,11-13H,1-2,5-10H2,(H2,25,30)(H,26,35)(H2,24,27,28)(H,29,31,33). The highest BCUT2D eigenvalue weighted by Gasteiger charge is 2.18. The molecule has 14 nitrogen and oxygen atoms in total. The Kier molecular flexibility index (Phi) is 7.16. The molecule has 0 bridgehead atoms. The maximum absolute atomic E-state index is 12.0. The van der Waals surface area contributed by atoms with Gasteiger partial charge in [0.05, 0.1) is 30.5 Å². The molecule has 0 aliphatic heterocycles. The van der Waals surface area contributed by atoms with E-state index in [9.17, 15) is 4.79 Å². The smallest absolute Gasteiger partial charge is 0.292 e. The second-order valence-electron chi connectivity index (χ2n) is 8.39. The van der Waals surface area contributed by atoms with Crippen molar-refractivity contribution in [3.05, 3.63) is 36.4 Å². The first-order valence-electron chi connectivity index (χ1n) is 11.9. The molecular weight excluding hydrogens is 478 g/mol. The van der Waals surface area contributed by atoms with E-state index in [0.29, 0.717) is 72.8 Å². The summed E-state index contributed by atoms with van der Waals surface area (Å²) < 4.78 is 12.7. The lowest BCUT2D eigenvalue weighted by Crippen LogP contribution is -2.25. The Balaban J connectivity index is 1.13. The van der Waals surface area contributed by atoms with Crippen molar-refractivity contribution in [2.24, 2.45) is 0 Å². The van der Waals surface area contributed by atoms with E-state index in [0.717, 1.165) is 24.1 Å². The van der Waals surface area contributed by atoms with E-state index in [-0.39, 0.29) is 11.9 Å². The molecule has 0 radical (unpaired) electrons. The van der Waals surface area contributed by atoms with Gasteiger partial charge in [-0.15, -0.1) is 0 Å². The first-order chi connectivity index (χ1) is 18.1. The van der Waals surface area contributed by atoms with Crippen molar-refractivity contribution >= 4 is 39.9 Å². The molecule has 5 rings (SSSR count). The van der Waals surface area contributed by atoms with E-state index in [1.165, 1.54) is 6.33 Å². The summed E-state index contributed by atoms with van der Waals surface area (Å²) in [5.41, 5.74) is 16.0. The minimum absolute atomic E-state index is 0.0438. The van der Waals surface area contributed by atoms with Crippen molar-refractivity contribution in [3.63, 3.8) is 0 Å². The maximum Gasteiger partial charge on any atom is 0.292 e. The van der Waals surface area contributed by atoms with Crippen LogP contribution in [-0.4, -0.2) is 65.8 Å². The van der Waals surface area contributed by atoms with Crippen molar-refractivity contribution in [1.29, 1.82) is 0 Å². The number of carbonyl (C=O) groups excluding carboxylic acids is 1. The second kappa shape index (κ2) is 11.0. The minimum atomic E-state index is -0.0438. The number of aryl methyl sites for hydroxylation is 1. The third-order valence-corrected chi connectivity index (χ3v) is 5.80. The summed E-state index contributed by atoms with van der Waals surface area (Å²) in [6.45, 7) is 2.02. The summed E-state index contributed by atoms with van der Waals surface area (Å²) in [6, 6.07) is 5.62. The number of benzene rings is 1. The highest BCUT2D eigenvalue weighted by molar-refractivity contribution is 5.99. The van der Waals surface area contributed by atoms with Crippen LogP contribution >= 0.6 is 0 Å². The topological polar surface area (TPSA) is 202 Å². The zero-order chi connectivity index (χ0) is 25.6. The van der Waals surface area contributed by atoms with Gasteiger partial charge in [-0.25, -0.2) is 14.6 Å². The number of nitrogen functional groups attached to an aromatic ring is 2. The maximum atomic E-state index is 12.0. The normalized spacial score (nSPS) is 11.5. The number of fused-ring (bicyclic) bond motifs is 2. The zero-order valence-corrected chi connectivity index (χ0v) is 20.1. The number of nitrogens with two attached hydrogens (primary N) is 2. The Bertz CT molecular complexity index is 1490. The molecule has 37 heavy (non-hydrogen) atoms. The average Bonchev–Trinajstić information content (AvgIpc) is 3.62. The Labute approximate surface area is 210 Å². The van der Waals surface area contributed by atoms with Crippen LogP contribution < -0.4 is 16.8 Å². The Morgan fingerprint density at radius 1 is 1.19 bits per heavy atom. The molecule has 0 aliphatic carbocycles. The van der Waals surface area contributed by atoms with Crippen LogP contribution in [-0.2, 0) is 22.5 Å². The number of amides is 1. The SMILES string of the molecule is Nc1nc2cc(-c3nn(CCCCNC(=O)CCOCCc4cn[nH]n4)c4ncnc(N)c34)ccc2o1. The van der Waals surface area contributed by atoms with Crippen LogP contribution in [0.3, 0.4) is 0 Å². The first kappa shape index (κ1) is 24.1. The van der Waals surface area contributed by atoms with Gasteiger partial charge in [-0.2, -0.15) is 25.5 Å². The molecular formula is C23H27N11O3. The van der Waals surface area contributed by atoms with Crippen LogP contribution in [0.5, 0.6) is 0 Å². The molecule has 0 saturated heterocycles. The highest BCUT2D eigenvalue weighted by atomic mass is 16.5. The van der Waals surface area contributed by atoms with Gasteiger partial charge < -0.3 is 25.9 Å². The summed E-state index contributed by atoms with van der Waals surface area (Å²) in [4.78, 5) is 24.8. The summed E-state index contributed by atoms with van der Waals surface area (Å²) in [5, 5.41) is 18.6. The van der Waals surface area contributed by atoms with E-state index in [1.54, 1.807) is 12.3 Å². The van der Waals surface area contributed by atoms with Gasteiger partial charge in [0.15, 0.2) is 11.2 Å². The third-order valence-electron chi connectivity index (χ3n) is 5.80. The summed E-state index contributed by atoms with van der Waals surface area (Å²) >= 11 is 0. The Morgan fingerprint density at radius 2 is 2.11 bits per heavy atom. The van der Waals surface area contributed by atoms with E-state index < -0.39 is 0 Å². The lowest BCUT2D eigenvalue weighted by Gasteiger charge is -2.06. The van der Waals surface area contributed by atoms with Crippen LogP contribution in [0.1, 0.15) is 25.0 Å². The number of aromatic amines is 1. The van der Waals surface area contributed by atoms with Gasteiger partial charge in [0, 0.05) is 31.5 Å². The molecule has 0 spiro atoms. The minimum Gasteiger partial charge on any atom is -0.424 e. The monoisotopic (exact) mass is 505 g/mol. The van der Waals surface area contributed by atoms with Gasteiger partial charge in [-0.05, 0) is 31.0 Å². The molecule has 1 aromatic carbocycles. The predicted molar refractivity (Wildman–Crippen MR) is 135 cm³/mol. The number of aromatic nitrogens is 8. The number of H-pyrrole nitrogens is 1.